The lowest BCUT2D eigenvalue weighted by atomic mass is 10.1. The van der Waals surface area contributed by atoms with E-state index in [2.05, 4.69) is 5.10 Å². The largest absolute Gasteiger partial charge is 0.478 e. The minimum atomic E-state index is -1.05. The molecule has 0 fully saturated rings. The van der Waals surface area contributed by atoms with Gasteiger partial charge in [-0.1, -0.05) is 0 Å². The zero-order valence-corrected chi connectivity index (χ0v) is 11.0. The van der Waals surface area contributed by atoms with Gasteiger partial charge in [0.15, 0.2) is 0 Å². The fourth-order valence-corrected chi connectivity index (χ4v) is 2.12. The van der Waals surface area contributed by atoms with Crippen molar-refractivity contribution in [3.8, 4) is 6.07 Å². The number of carbonyl (C=O) groups is 1. The van der Waals surface area contributed by atoms with Crippen LogP contribution >= 0.6 is 0 Å². The van der Waals surface area contributed by atoms with Gasteiger partial charge in [0, 0.05) is 0 Å². The second-order valence-corrected chi connectivity index (χ2v) is 4.42. The topological polar surface area (TPSA) is 78.9 Å². The van der Waals surface area contributed by atoms with E-state index in [1.165, 1.54) is 22.9 Å². The van der Waals surface area contributed by atoms with E-state index in [1.54, 1.807) is 13.8 Å². The van der Waals surface area contributed by atoms with E-state index in [9.17, 15) is 9.18 Å². The number of carboxylic acids is 1. The molecule has 5 nitrogen and oxygen atoms in total. The summed E-state index contributed by atoms with van der Waals surface area (Å²) in [6.07, 6.45) is 0. The van der Waals surface area contributed by atoms with Crippen LogP contribution in [0.4, 0.5) is 4.39 Å². The third kappa shape index (κ3) is 2.38. The molecule has 1 heterocycles. The van der Waals surface area contributed by atoms with Gasteiger partial charge in [-0.25, -0.2) is 9.18 Å². The molecule has 0 amide bonds. The van der Waals surface area contributed by atoms with Crippen molar-refractivity contribution in [1.29, 1.82) is 5.26 Å². The van der Waals surface area contributed by atoms with Crippen molar-refractivity contribution in [2.24, 2.45) is 0 Å². The minimum absolute atomic E-state index is 0.139. The first-order chi connectivity index (χ1) is 9.43. The van der Waals surface area contributed by atoms with Crippen LogP contribution in [0.1, 0.15) is 32.9 Å². The van der Waals surface area contributed by atoms with Crippen molar-refractivity contribution in [2.75, 3.05) is 0 Å². The second-order valence-electron chi connectivity index (χ2n) is 4.42. The fraction of sp³-hybridized carbons (Fsp3) is 0.214. The molecule has 0 unspecified atom stereocenters. The number of nitrogens with zero attached hydrogens (tertiary/aromatic N) is 3. The van der Waals surface area contributed by atoms with E-state index in [1.807, 2.05) is 6.07 Å². The predicted octanol–water partition coefficient (Wildman–Crippen LogP) is 2.26. The maximum Gasteiger partial charge on any atom is 0.339 e. The van der Waals surface area contributed by atoms with Crippen molar-refractivity contribution >= 4 is 5.97 Å². The summed E-state index contributed by atoms with van der Waals surface area (Å²) in [5.74, 6) is -1.50. The highest BCUT2D eigenvalue weighted by Gasteiger charge is 2.18. The van der Waals surface area contributed by atoms with Crippen molar-refractivity contribution in [3.63, 3.8) is 0 Å². The Labute approximate surface area is 114 Å². The van der Waals surface area contributed by atoms with Gasteiger partial charge in [0.05, 0.1) is 29.6 Å². The van der Waals surface area contributed by atoms with E-state index in [0.29, 0.717) is 22.5 Å². The van der Waals surface area contributed by atoms with Gasteiger partial charge in [-0.05, 0) is 37.6 Å². The first-order valence-electron chi connectivity index (χ1n) is 5.90. The van der Waals surface area contributed by atoms with Crippen LogP contribution < -0.4 is 0 Å². The molecule has 1 aromatic carbocycles. The number of carboxylic acid groups (broad SMARTS) is 1. The van der Waals surface area contributed by atoms with E-state index in [-0.39, 0.29) is 12.1 Å². The number of nitriles is 1. The summed E-state index contributed by atoms with van der Waals surface area (Å²) < 4.78 is 14.7. The van der Waals surface area contributed by atoms with Crippen LogP contribution in [0.3, 0.4) is 0 Å². The Morgan fingerprint density at radius 2 is 2.20 bits per heavy atom. The molecule has 0 aliphatic carbocycles. The van der Waals surface area contributed by atoms with Crippen LogP contribution in [-0.4, -0.2) is 20.9 Å². The van der Waals surface area contributed by atoms with Crippen LogP contribution in [0.25, 0.3) is 0 Å². The Hall–Kier alpha value is -2.68. The molecule has 0 aliphatic rings. The lowest BCUT2D eigenvalue weighted by molar-refractivity contribution is 0.0695. The molecule has 0 atom stereocenters. The first kappa shape index (κ1) is 13.7. The molecule has 1 aromatic heterocycles. The van der Waals surface area contributed by atoms with Crippen molar-refractivity contribution in [2.45, 2.75) is 20.4 Å². The molecular formula is C14H12FN3O2. The van der Waals surface area contributed by atoms with Crippen molar-refractivity contribution in [1.82, 2.24) is 9.78 Å². The van der Waals surface area contributed by atoms with Crippen LogP contribution in [0, 0.1) is 31.0 Å². The highest BCUT2D eigenvalue weighted by Crippen LogP contribution is 2.17. The molecule has 0 bridgehead atoms. The Morgan fingerprint density at radius 1 is 1.50 bits per heavy atom. The molecule has 20 heavy (non-hydrogen) atoms. The summed E-state index contributed by atoms with van der Waals surface area (Å²) in [6.45, 7) is 3.39. The zero-order valence-electron chi connectivity index (χ0n) is 11.0. The first-order valence-corrected chi connectivity index (χ1v) is 5.90. The molecule has 0 radical (unpaired) electrons. The maximum absolute atomic E-state index is 13.3. The van der Waals surface area contributed by atoms with Gasteiger partial charge in [0.2, 0.25) is 0 Å². The average Bonchev–Trinajstić information content (AvgIpc) is 2.64. The quantitative estimate of drug-likeness (QED) is 0.930. The molecule has 1 N–H and O–H groups in total. The molecule has 0 aliphatic heterocycles. The lowest BCUT2D eigenvalue weighted by Gasteiger charge is -2.07. The van der Waals surface area contributed by atoms with E-state index >= 15 is 0 Å². The average molecular weight is 273 g/mol. The highest BCUT2D eigenvalue weighted by atomic mass is 19.1. The molecule has 2 rings (SSSR count). The van der Waals surface area contributed by atoms with E-state index < -0.39 is 11.8 Å². The number of halogens is 1. The minimum Gasteiger partial charge on any atom is -0.478 e. The Morgan fingerprint density at radius 3 is 2.75 bits per heavy atom. The van der Waals surface area contributed by atoms with Crippen LogP contribution in [0.2, 0.25) is 0 Å². The Balaban J connectivity index is 2.46. The third-order valence-electron chi connectivity index (χ3n) is 3.10. The fourth-order valence-electron chi connectivity index (χ4n) is 2.12. The summed E-state index contributed by atoms with van der Waals surface area (Å²) >= 11 is 0. The zero-order chi connectivity index (χ0) is 14.9. The second kappa shape index (κ2) is 5.13. The lowest BCUT2D eigenvalue weighted by Crippen LogP contribution is -2.07. The molecule has 102 valence electrons. The summed E-state index contributed by atoms with van der Waals surface area (Å²) in [7, 11) is 0. The third-order valence-corrected chi connectivity index (χ3v) is 3.10. The predicted molar refractivity (Wildman–Crippen MR) is 68.9 cm³/mol. The Kier molecular flexibility index (Phi) is 3.53. The van der Waals surface area contributed by atoms with Gasteiger partial charge in [0.25, 0.3) is 0 Å². The normalized spacial score (nSPS) is 10.3. The number of aromatic carboxylic acids is 1. The summed E-state index contributed by atoms with van der Waals surface area (Å²) in [6, 6.07) is 5.85. The summed E-state index contributed by atoms with van der Waals surface area (Å²) in [5.41, 5.74) is 1.82. The van der Waals surface area contributed by atoms with Gasteiger partial charge < -0.3 is 5.11 Å². The number of benzene rings is 1. The molecular weight excluding hydrogens is 261 g/mol. The number of aryl methyl sites for hydroxylation is 1. The van der Waals surface area contributed by atoms with E-state index in [0.717, 1.165) is 0 Å². The van der Waals surface area contributed by atoms with Gasteiger partial charge in [-0.15, -0.1) is 0 Å². The number of aromatic nitrogens is 2. The highest BCUT2D eigenvalue weighted by molar-refractivity contribution is 5.90. The van der Waals surface area contributed by atoms with Gasteiger partial charge >= 0.3 is 5.97 Å². The van der Waals surface area contributed by atoms with Gasteiger partial charge in [0.1, 0.15) is 11.4 Å². The molecule has 0 spiro atoms. The maximum atomic E-state index is 13.3. The number of hydrogen-bond donors (Lipinski definition) is 1. The Bertz CT molecular complexity index is 729. The van der Waals surface area contributed by atoms with Crippen molar-refractivity contribution in [3.05, 3.63) is 52.1 Å². The van der Waals surface area contributed by atoms with E-state index in [4.69, 9.17) is 10.4 Å². The van der Waals surface area contributed by atoms with Crippen LogP contribution in [0.15, 0.2) is 18.2 Å². The molecule has 0 saturated heterocycles. The molecule has 0 saturated carbocycles. The SMILES string of the molecule is Cc1nn(Cc2cc(F)ccc2C#N)c(C)c1C(=O)O. The van der Waals surface area contributed by atoms with Crippen LogP contribution in [-0.2, 0) is 6.54 Å². The standard InChI is InChI=1S/C14H12FN3O2/c1-8-13(14(19)20)9(2)18(17-8)7-11-5-12(15)4-3-10(11)6-16/h3-5H,7H2,1-2H3,(H,19,20). The number of rotatable bonds is 3. The number of hydrogen-bond acceptors (Lipinski definition) is 3. The van der Waals surface area contributed by atoms with Gasteiger partial charge in [-0.3, -0.25) is 4.68 Å². The monoisotopic (exact) mass is 273 g/mol. The van der Waals surface area contributed by atoms with Gasteiger partial charge in [-0.2, -0.15) is 10.4 Å². The smallest absolute Gasteiger partial charge is 0.339 e. The summed E-state index contributed by atoms with van der Waals surface area (Å²) in [5, 5.41) is 22.2. The molecule has 2 aromatic rings. The van der Waals surface area contributed by atoms with Crippen molar-refractivity contribution < 1.29 is 14.3 Å². The molecule has 6 heteroatoms. The van der Waals surface area contributed by atoms with Crippen LogP contribution in [0.5, 0.6) is 0 Å². The summed E-state index contributed by atoms with van der Waals surface area (Å²) in [4.78, 5) is 11.1.